The van der Waals surface area contributed by atoms with Gasteiger partial charge < -0.3 is 19.7 Å². The van der Waals surface area contributed by atoms with Crippen molar-refractivity contribution in [3.63, 3.8) is 0 Å². The van der Waals surface area contributed by atoms with Crippen LogP contribution in [0.4, 0.5) is 0 Å². The fourth-order valence-electron chi connectivity index (χ4n) is 9.42. The first kappa shape index (κ1) is 25.9. The van der Waals surface area contributed by atoms with E-state index in [1.807, 2.05) is 0 Å². The molecule has 4 fully saturated rings. The first-order chi connectivity index (χ1) is 16.0. The van der Waals surface area contributed by atoms with E-state index >= 15 is 0 Å². The Labute approximate surface area is 205 Å². The van der Waals surface area contributed by atoms with Gasteiger partial charge in [0.05, 0.1) is 18.8 Å². The van der Waals surface area contributed by atoms with Gasteiger partial charge in [0.2, 0.25) is 0 Å². The molecule has 2 N–H and O–H groups in total. The summed E-state index contributed by atoms with van der Waals surface area (Å²) in [5.74, 6) is 2.16. The van der Waals surface area contributed by atoms with Crippen LogP contribution in [0.5, 0.6) is 0 Å². The van der Waals surface area contributed by atoms with Gasteiger partial charge in [-0.3, -0.25) is 9.59 Å². The van der Waals surface area contributed by atoms with E-state index in [1.54, 1.807) is 0 Å². The molecule has 0 heterocycles. The Morgan fingerprint density at radius 2 is 1.82 bits per heavy atom. The summed E-state index contributed by atoms with van der Waals surface area (Å²) in [5.41, 5.74) is -1.29. The zero-order chi connectivity index (χ0) is 24.9. The topological polar surface area (TPSA) is 93.1 Å². The number of aliphatic hydroxyl groups excluding tert-OH is 1. The number of hydrogen-bond donors (Lipinski definition) is 2. The van der Waals surface area contributed by atoms with E-state index in [2.05, 4.69) is 20.8 Å². The molecule has 34 heavy (non-hydrogen) atoms. The SMILES string of the molecule is COC(=O)CCCC(C)[C@H]1CC[C@H]2[C@@H]3C[C@@H](O)C4(O)C[C@@H](OC(C)=O)CC[C@]4(C)[C@H]3CC[C@]12C. The second kappa shape index (κ2) is 9.38. The predicted octanol–water partition coefficient (Wildman–Crippen LogP) is 4.64. The highest BCUT2D eigenvalue weighted by atomic mass is 16.5. The molecule has 194 valence electrons. The number of hydrogen-bond acceptors (Lipinski definition) is 6. The number of methoxy groups -OCH3 is 1. The smallest absolute Gasteiger partial charge is 0.305 e. The summed E-state index contributed by atoms with van der Waals surface area (Å²) in [6, 6.07) is 0. The molecule has 0 aliphatic heterocycles. The molecule has 10 atom stereocenters. The Morgan fingerprint density at radius 1 is 1.09 bits per heavy atom. The molecule has 2 unspecified atom stereocenters. The van der Waals surface area contributed by atoms with Crippen LogP contribution in [0.15, 0.2) is 0 Å². The number of fused-ring (bicyclic) bond motifs is 5. The Hall–Kier alpha value is -1.14. The van der Waals surface area contributed by atoms with Crippen molar-refractivity contribution in [3.05, 3.63) is 0 Å². The van der Waals surface area contributed by atoms with Crippen molar-refractivity contribution >= 4 is 11.9 Å². The van der Waals surface area contributed by atoms with Crippen molar-refractivity contribution < 1.29 is 29.3 Å². The van der Waals surface area contributed by atoms with E-state index in [0.29, 0.717) is 48.9 Å². The number of esters is 2. The number of ether oxygens (including phenoxy) is 2. The van der Waals surface area contributed by atoms with Gasteiger partial charge in [0.15, 0.2) is 0 Å². The highest BCUT2D eigenvalue weighted by molar-refractivity contribution is 5.69. The molecule has 0 radical (unpaired) electrons. The summed E-state index contributed by atoms with van der Waals surface area (Å²) in [7, 11) is 1.45. The lowest BCUT2D eigenvalue weighted by Crippen LogP contribution is -2.68. The van der Waals surface area contributed by atoms with E-state index in [9.17, 15) is 19.8 Å². The largest absolute Gasteiger partial charge is 0.469 e. The molecule has 6 nitrogen and oxygen atoms in total. The summed E-state index contributed by atoms with van der Waals surface area (Å²) in [5, 5.41) is 23.2. The summed E-state index contributed by atoms with van der Waals surface area (Å²) in [4.78, 5) is 23.1. The third-order valence-corrected chi connectivity index (χ3v) is 11.2. The van der Waals surface area contributed by atoms with Crippen LogP contribution in [0.1, 0.15) is 98.3 Å². The average Bonchev–Trinajstić information content (AvgIpc) is 3.12. The van der Waals surface area contributed by atoms with E-state index in [0.717, 1.165) is 32.1 Å². The summed E-state index contributed by atoms with van der Waals surface area (Å²) in [6.45, 7) is 8.45. The fraction of sp³-hybridized carbons (Fsp3) is 0.929. The van der Waals surface area contributed by atoms with Crippen LogP contribution in [0.2, 0.25) is 0 Å². The van der Waals surface area contributed by atoms with Crippen LogP contribution >= 0.6 is 0 Å². The lowest BCUT2D eigenvalue weighted by atomic mass is 9.42. The minimum absolute atomic E-state index is 0.122. The lowest BCUT2D eigenvalue weighted by molar-refractivity contribution is -0.266. The van der Waals surface area contributed by atoms with Crippen LogP contribution in [-0.4, -0.2) is 47.1 Å². The fourth-order valence-corrected chi connectivity index (χ4v) is 9.42. The molecule has 0 saturated heterocycles. The Bertz CT molecular complexity index is 783. The molecule has 0 aromatic carbocycles. The van der Waals surface area contributed by atoms with Gasteiger partial charge in [-0.1, -0.05) is 20.8 Å². The number of rotatable bonds is 6. The van der Waals surface area contributed by atoms with E-state index in [-0.39, 0.29) is 28.9 Å². The van der Waals surface area contributed by atoms with Crippen molar-refractivity contribution in [2.24, 2.45) is 40.4 Å². The number of aliphatic hydroxyl groups is 2. The summed E-state index contributed by atoms with van der Waals surface area (Å²) in [6.07, 6.45) is 8.54. The van der Waals surface area contributed by atoms with Crippen molar-refractivity contribution in [1.82, 2.24) is 0 Å². The van der Waals surface area contributed by atoms with Crippen molar-refractivity contribution in [3.8, 4) is 0 Å². The summed E-state index contributed by atoms with van der Waals surface area (Å²) >= 11 is 0. The molecule has 6 heteroatoms. The van der Waals surface area contributed by atoms with Gasteiger partial charge in [0, 0.05) is 25.2 Å². The highest BCUT2D eigenvalue weighted by Crippen LogP contribution is 2.69. The minimum atomic E-state index is -1.19. The van der Waals surface area contributed by atoms with Crippen LogP contribution < -0.4 is 0 Å². The molecule has 0 spiro atoms. The second-order valence-electron chi connectivity index (χ2n) is 12.6. The third kappa shape index (κ3) is 4.11. The molecular formula is C28H46O6. The number of carbonyl (C=O) groups excluding carboxylic acids is 2. The van der Waals surface area contributed by atoms with Gasteiger partial charge in [0.1, 0.15) is 6.10 Å². The zero-order valence-electron chi connectivity index (χ0n) is 21.8. The van der Waals surface area contributed by atoms with Crippen molar-refractivity contribution in [2.75, 3.05) is 7.11 Å². The van der Waals surface area contributed by atoms with Crippen LogP contribution in [0, 0.1) is 40.4 Å². The Kier molecular flexibility index (Phi) is 7.16. The minimum Gasteiger partial charge on any atom is -0.469 e. The van der Waals surface area contributed by atoms with Crippen molar-refractivity contribution in [1.29, 1.82) is 0 Å². The molecule has 4 aliphatic rings. The van der Waals surface area contributed by atoms with Gasteiger partial charge in [-0.2, -0.15) is 0 Å². The zero-order valence-corrected chi connectivity index (χ0v) is 21.8. The average molecular weight is 479 g/mol. The molecule has 0 bridgehead atoms. The van der Waals surface area contributed by atoms with Gasteiger partial charge in [0.25, 0.3) is 0 Å². The molecule has 0 amide bonds. The normalized spacial score (nSPS) is 46.6. The lowest BCUT2D eigenvalue weighted by Gasteiger charge is -2.65. The van der Waals surface area contributed by atoms with Gasteiger partial charge >= 0.3 is 11.9 Å². The monoisotopic (exact) mass is 478 g/mol. The molecule has 4 saturated carbocycles. The molecule has 4 aliphatic carbocycles. The first-order valence-electron chi connectivity index (χ1n) is 13.6. The first-order valence-corrected chi connectivity index (χ1v) is 13.6. The van der Waals surface area contributed by atoms with E-state index < -0.39 is 11.7 Å². The quantitative estimate of drug-likeness (QED) is 0.540. The van der Waals surface area contributed by atoms with E-state index in [1.165, 1.54) is 33.3 Å². The second-order valence-corrected chi connectivity index (χ2v) is 12.6. The summed E-state index contributed by atoms with van der Waals surface area (Å²) < 4.78 is 10.3. The molecular weight excluding hydrogens is 432 g/mol. The van der Waals surface area contributed by atoms with Crippen molar-refractivity contribution in [2.45, 2.75) is 116 Å². The predicted molar refractivity (Wildman–Crippen MR) is 129 cm³/mol. The molecule has 4 rings (SSSR count). The molecule has 0 aromatic heterocycles. The number of carbonyl (C=O) groups is 2. The van der Waals surface area contributed by atoms with E-state index in [4.69, 9.17) is 9.47 Å². The Balaban J connectivity index is 1.49. The highest BCUT2D eigenvalue weighted by Gasteiger charge is 2.67. The van der Waals surface area contributed by atoms with Gasteiger partial charge in [-0.15, -0.1) is 0 Å². The molecule has 0 aromatic rings. The standard InChI is InChI=1S/C28H46O6/c1-17(7-6-8-25(31)33-5)21-9-10-22-20-15-24(30)28(32)16-19(34-18(2)29)11-14-27(28,4)23(20)12-13-26(21,22)3/h17,19-24,30,32H,6-16H2,1-5H3/t17?,19-,20-,21+,22-,23-,24+,26+,27+,28?/m0/s1. The van der Waals surface area contributed by atoms with Gasteiger partial charge in [-0.05, 0) is 92.8 Å². The van der Waals surface area contributed by atoms with Crippen LogP contribution in [-0.2, 0) is 19.1 Å². The Morgan fingerprint density at radius 3 is 2.50 bits per heavy atom. The maximum absolute atomic E-state index is 11.9. The maximum atomic E-state index is 11.9. The van der Waals surface area contributed by atoms with Crippen LogP contribution in [0.25, 0.3) is 0 Å². The maximum Gasteiger partial charge on any atom is 0.305 e. The van der Waals surface area contributed by atoms with Gasteiger partial charge in [-0.25, -0.2) is 0 Å². The third-order valence-electron chi connectivity index (χ3n) is 11.2. The van der Waals surface area contributed by atoms with Crippen LogP contribution in [0.3, 0.4) is 0 Å².